The molecular weight excluding hydrogens is 246 g/mol. The predicted octanol–water partition coefficient (Wildman–Crippen LogP) is 3.08. The molecular formula is C14H19NO2S. The second-order valence-corrected chi connectivity index (χ2v) is 6.34. The molecule has 3 nitrogen and oxygen atoms in total. The molecule has 0 saturated carbocycles. The van der Waals surface area contributed by atoms with Gasteiger partial charge in [-0.15, -0.1) is 11.8 Å². The molecule has 1 aliphatic heterocycles. The maximum Gasteiger partial charge on any atom is 0.305 e. The lowest BCUT2D eigenvalue weighted by molar-refractivity contribution is -0.136. The quantitative estimate of drug-likeness (QED) is 0.912. The van der Waals surface area contributed by atoms with Gasteiger partial charge in [-0.2, -0.15) is 0 Å². The van der Waals surface area contributed by atoms with Crippen LogP contribution in [-0.2, 0) is 4.79 Å². The summed E-state index contributed by atoms with van der Waals surface area (Å²) in [5, 5.41) is 9.36. The first-order valence-electron chi connectivity index (χ1n) is 6.22. The molecule has 1 aliphatic rings. The number of carboxylic acids is 1. The molecule has 0 fully saturated rings. The van der Waals surface area contributed by atoms with Gasteiger partial charge in [0.05, 0.1) is 12.1 Å². The highest BCUT2D eigenvalue weighted by Gasteiger charge is 2.25. The van der Waals surface area contributed by atoms with Gasteiger partial charge in [-0.1, -0.05) is 19.1 Å². The van der Waals surface area contributed by atoms with Crippen molar-refractivity contribution in [2.45, 2.75) is 37.3 Å². The molecule has 0 radical (unpaired) electrons. The summed E-state index contributed by atoms with van der Waals surface area (Å²) in [6, 6.07) is 4.27. The summed E-state index contributed by atoms with van der Waals surface area (Å²) in [5.74, 6) is -0.729. The van der Waals surface area contributed by atoms with Crippen LogP contribution in [0.2, 0.25) is 0 Å². The molecule has 98 valence electrons. The van der Waals surface area contributed by atoms with Gasteiger partial charge in [-0.3, -0.25) is 4.79 Å². The Labute approximate surface area is 112 Å². The van der Waals surface area contributed by atoms with Crippen molar-refractivity contribution in [3.63, 3.8) is 0 Å². The van der Waals surface area contributed by atoms with E-state index in [9.17, 15) is 4.79 Å². The summed E-state index contributed by atoms with van der Waals surface area (Å²) in [6.45, 7) is 7.94. The summed E-state index contributed by atoms with van der Waals surface area (Å²) in [7, 11) is 0. The first-order chi connectivity index (χ1) is 8.49. The van der Waals surface area contributed by atoms with Gasteiger partial charge >= 0.3 is 5.97 Å². The number of aryl methyl sites for hydroxylation is 2. The van der Waals surface area contributed by atoms with Crippen LogP contribution in [0, 0.1) is 13.8 Å². The Balaban J connectivity index is 2.35. The summed E-state index contributed by atoms with van der Waals surface area (Å²) in [4.78, 5) is 14.3. The summed E-state index contributed by atoms with van der Waals surface area (Å²) in [6.07, 6.45) is 0.199. The zero-order chi connectivity index (χ0) is 13.3. The Morgan fingerprint density at radius 2 is 2.11 bits per heavy atom. The maximum absolute atomic E-state index is 10.8. The van der Waals surface area contributed by atoms with Crippen LogP contribution in [0.4, 0.5) is 5.69 Å². The summed E-state index contributed by atoms with van der Waals surface area (Å²) in [5.41, 5.74) is 3.76. The molecule has 1 heterocycles. The minimum Gasteiger partial charge on any atom is -0.481 e. The van der Waals surface area contributed by atoms with Gasteiger partial charge in [-0.25, -0.2) is 0 Å². The molecule has 0 bridgehead atoms. The van der Waals surface area contributed by atoms with E-state index < -0.39 is 5.97 Å². The fraction of sp³-hybridized carbons (Fsp3) is 0.500. The lowest BCUT2D eigenvalue weighted by Crippen LogP contribution is -2.35. The number of rotatable bonds is 3. The van der Waals surface area contributed by atoms with Crippen LogP contribution in [-0.4, -0.2) is 29.4 Å². The van der Waals surface area contributed by atoms with E-state index in [-0.39, 0.29) is 6.42 Å². The first-order valence-corrected chi connectivity index (χ1v) is 7.10. The Hall–Kier alpha value is -1.16. The molecule has 0 aliphatic carbocycles. The Kier molecular flexibility index (Phi) is 3.85. The predicted molar refractivity (Wildman–Crippen MR) is 75.7 cm³/mol. The van der Waals surface area contributed by atoms with Gasteiger partial charge < -0.3 is 10.0 Å². The third-order valence-electron chi connectivity index (χ3n) is 3.24. The van der Waals surface area contributed by atoms with Crippen LogP contribution in [0.25, 0.3) is 0 Å². The van der Waals surface area contributed by atoms with Crippen LogP contribution < -0.4 is 4.90 Å². The van der Waals surface area contributed by atoms with Crippen LogP contribution in [0.15, 0.2) is 17.0 Å². The highest BCUT2D eigenvalue weighted by atomic mass is 32.2. The van der Waals surface area contributed by atoms with Crippen molar-refractivity contribution in [1.82, 2.24) is 0 Å². The van der Waals surface area contributed by atoms with E-state index in [1.165, 1.54) is 21.7 Å². The van der Waals surface area contributed by atoms with Crippen LogP contribution in [0.3, 0.4) is 0 Å². The maximum atomic E-state index is 10.8. The summed E-state index contributed by atoms with van der Waals surface area (Å²) < 4.78 is 0. The average Bonchev–Trinajstić information content (AvgIpc) is 2.30. The van der Waals surface area contributed by atoms with Crippen molar-refractivity contribution in [2.75, 3.05) is 18.0 Å². The van der Waals surface area contributed by atoms with Crippen LogP contribution >= 0.6 is 11.8 Å². The number of hydrogen-bond acceptors (Lipinski definition) is 3. The molecule has 1 aromatic rings. The molecule has 1 atom stereocenters. The SMILES string of the molecule is Cc1ccc(C)c2c1SC(C)CN2CCC(=O)O. The van der Waals surface area contributed by atoms with Crippen molar-refractivity contribution in [3.8, 4) is 0 Å². The molecule has 18 heavy (non-hydrogen) atoms. The Morgan fingerprint density at radius 3 is 2.78 bits per heavy atom. The van der Waals surface area contributed by atoms with Gasteiger partial charge in [0.2, 0.25) is 0 Å². The number of nitrogens with zero attached hydrogens (tertiary/aromatic N) is 1. The standard InChI is InChI=1S/C14H19NO2S/c1-9-4-5-10(2)14-13(9)15(7-6-12(16)17)8-11(3)18-14/h4-5,11H,6-8H2,1-3H3,(H,16,17). The number of thioether (sulfide) groups is 1. The van der Waals surface area contributed by atoms with E-state index >= 15 is 0 Å². The van der Waals surface area contributed by atoms with Gasteiger partial charge in [0, 0.05) is 23.2 Å². The molecule has 2 rings (SSSR count). The van der Waals surface area contributed by atoms with E-state index in [0.29, 0.717) is 11.8 Å². The van der Waals surface area contributed by atoms with Gasteiger partial charge in [0.1, 0.15) is 0 Å². The van der Waals surface area contributed by atoms with Crippen molar-refractivity contribution >= 4 is 23.4 Å². The zero-order valence-electron chi connectivity index (χ0n) is 11.1. The normalized spacial score (nSPS) is 18.6. The molecule has 4 heteroatoms. The van der Waals surface area contributed by atoms with Gasteiger partial charge in [0.15, 0.2) is 0 Å². The lowest BCUT2D eigenvalue weighted by Gasteiger charge is -2.36. The third kappa shape index (κ3) is 2.64. The number of fused-ring (bicyclic) bond motifs is 1. The minimum absolute atomic E-state index is 0.199. The van der Waals surface area contributed by atoms with Crippen LogP contribution in [0.5, 0.6) is 0 Å². The third-order valence-corrected chi connectivity index (χ3v) is 4.54. The van der Waals surface area contributed by atoms with Gasteiger partial charge in [-0.05, 0) is 25.0 Å². The van der Waals surface area contributed by atoms with Crippen molar-refractivity contribution < 1.29 is 9.90 Å². The largest absolute Gasteiger partial charge is 0.481 e. The fourth-order valence-corrected chi connectivity index (χ4v) is 3.70. The molecule has 0 amide bonds. The average molecular weight is 265 g/mol. The molecule has 0 spiro atoms. The zero-order valence-corrected chi connectivity index (χ0v) is 11.9. The second-order valence-electron chi connectivity index (χ2n) is 4.90. The lowest BCUT2D eigenvalue weighted by atomic mass is 10.1. The number of aliphatic carboxylic acids is 1. The number of benzene rings is 1. The molecule has 0 saturated heterocycles. The molecule has 1 N–H and O–H groups in total. The second kappa shape index (κ2) is 5.22. The van der Waals surface area contributed by atoms with Gasteiger partial charge in [0.25, 0.3) is 0 Å². The smallest absolute Gasteiger partial charge is 0.305 e. The highest BCUT2D eigenvalue weighted by Crippen LogP contribution is 2.42. The van der Waals surface area contributed by atoms with E-state index in [0.717, 1.165) is 6.54 Å². The molecule has 0 aromatic heterocycles. The first kappa shape index (κ1) is 13.3. The van der Waals surface area contributed by atoms with E-state index in [1.54, 1.807) is 0 Å². The Bertz CT molecular complexity index is 473. The topological polar surface area (TPSA) is 40.5 Å². The van der Waals surface area contributed by atoms with Crippen molar-refractivity contribution in [3.05, 3.63) is 23.3 Å². The Morgan fingerprint density at radius 1 is 1.44 bits per heavy atom. The fourth-order valence-electron chi connectivity index (χ4n) is 2.39. The molecule has 1 aromatic carbocycles. The number of anilines is 1. The van der Waals surface area contributed by atoms with Crippen LogP contribution in [0.1, 0.15) is 24.5 Å². The van der Waals surface area contributed by atoms with E-state index in [1.807, 2.05) is 11.8 Å². The summed E-state index contributed by atoms with van der Waals surface area (Å²) >= 11 is 1.90. The molecule has 1 unspecified atom stereocenters. The monoisotopic (exact) mass is 265 g/mol. The van der Waals surface area contributed by atoms with E-state index in [2.05, 4.69) is 37.8 Å². The number of carbonyl (C=O) groups is 1. The van der Waals surface area contributed by atoms with Crippen molar-refractivity contribution in [2.24, 2.45) is 0 Å². The minimum atomic E-state index is -0.729. The van der Waals surface area contributed by atoms with Crippen molar-refractivity contribution in [1.29, 1.82) is 0 Å². The number of carboxylic acid groups (broad SMARTS) is 1. The number of hydrogen-bond donors (Lipinski definition) is 1. The highest BCUT2D eigenvalue weighted by molar-refractivity contribution is 8.00. The van der Waals surface area contributed by atoms with E-state index in [4.69, 9.17) is 5.11 Å².